The van der Waals surface area contributed by atoms with Gasteiger partial charge >= 0.3 is 0 Å². The Hall–Kier alpha value is -2.09. The molecule has 1 atom stereocenters. The van der Waals surface area contributed by atoms with Gasteiger partial charge in [0.2, 0.25) is 0 Å². The molecule has 1 unspecified atom stereocenters. The van der Waals surface area contributed by atoms with Crippen LogP contribution in [0.3, 0.4) is 0 Å². The summed E-state index contributed by atoms with van der Waals surface area (Å²) in [5, 5.41) is 13.3. The molecule has 2 nitrogen and oxygen atoms in total. The Morgan fingerprint density at radius 3 is 2.14 bits per heavy atom. The van der Waals surface area contributed by atoms with E-state index in [4.69, 9.17) is 0 Å². The average Bonchev–Trinajstić information content (AvgIpc) is 2.59. The van der Waals surface area contributed by atoms with E-state index >= 15 is 0 Å². The van der Waals surface area contributed by atoms with Crippen LogP contribution in [0.1, 0.15) is 56.1 Å². The van der Waals surface area contributed by atoms with Crippen LogP contribution in [-0.4, -0.2) is 10.9 Å². The minimum absolute atomic E-state index is 0.144. The van der Waals surface area contributed by atoms with E-state index in [1.165, 1.54) is 24.8 Å². The van der Waals surface area contributed by atoms with Crippen LogP contribution in [0.25, 0.3) is 0 Å². The molecule has 2 aromatic carbocycles. The highest BCUT2D eigenvalue weighted by Crippen LogP contribution is 2.27. The lowest BCUT2D eigenvalue weighted by atomic mass is 9.85. The van der Waals surface area contributed by atoms with Crippen molar-refractivity contribution in [2.45, 2.75) is 44.9 Å². The fraction of sp³-hybridized carbons (Fsp3) is 0.350. The van der Waals surface area contributed by atoms with Crippen molar-refractivity contribution in [3.8, 4) is 0 Å². The second kappa shape index (κ2) is 9.04. The normalized spacial score (nSPS) is 13.0. The molecule has 116 valence electrons. The Balaban J connectivity index is 2.23. The van der Waals surface area contributed by atoms with Crippen molar-refractivity contribution in [1.29, 1.82) is 0 Å². The molecule has 0 fully saturated rings. The molecule has 2 aromatic rings. The minimum atomic E-state index is 0.144. The van der Waals surface area contributed by atoms with Gasteiger partial charge in [-0.1, -0.05) is 98.4 Å². The predicted octanol–water partition coefficient (Wildman–Crippen LogP) is 5.62. The lowest BCUT2D eigenvalue weighted by Crippen LogP contribution is -2.14. The first-order valence-electron chi connectivity index (χ1n) is 8.19. The molecule has 0 aliphatic carbocycles. The van der Waals surface area contributed by atoms with Gasteiger partial charge in [-0.15, -0.1) is 0 Å². The molecule has 0 amide bonds. The SMILES string of the molecule is CCCCCCC(/C(=N/O)c1ccccc1)c1ccccc1. The van der Waals surface area contributed by atoms with Crippen LogP contribution in [-0.2, 0) is 0 Å². The molecule has 0 radical (unpaired) electrons. The lowest BCUT2D eigenvalue weighted by Gasteiger charge is -2.19. The standard InChI is InChI=1S/C20H25NO/c1-2-3-4-11-16-19(17-12-7-5-8-13-17)20(21-22)18-14-9-6-10-15-18/h5-10,12-15,19,22H,2-4,11,16H2,1H3/b21-20+. The first kappa shape index (κ1) is 16.3. The molecule has 0 saturated heterocycles. The van der Waals surface area contributed by atoms with Gasteiger partial charge in [-0.2, -0.15) is 0 Å². The Morgan fingerprint density at radius 1 is 0.909 bits per heavy atom. The quantitative estimate of drug-likeness (QED) is 0.291. The Kier molecular flexibility index (Phi) is 6.69. The zero-order chi connectivity index (χ0) is 15.6. The molecule has 0 aliphatic heterocycles. The maximum absolute atomic E-state index is 9.60. The summed E-state index contributed by atoms with van der Waals surface area (Å²) in [5.74, 6) is 0.144. The summed E-state index contributed by atoms with van der Waals surface area (Å²) in [5.41, 5.74) is 2.98. The Bertz CT molecular complexity index is 563. The van der Waals surface area contributed by atoms with Gasteiger partial charge in [-0.05, 0) is 17.5 Å². The van der Waals surface area contributed by atoms with Crippen LogP contribution >= 0.6 is 0 Å². The van der Waals surface area contributed by atoms with E-state index in [0.717, 1.165) is 24.1 Å². The number of nitrogens with zero attached hydrogens (tertiary/aromatic N) is 1. The second-order valence-electron chi connectivity index (χ2n) is 5.66. The van der Waals surface area contributed by atoms with Crippen molar-refractivity contribution in [3.63, 3.8) is 0 Å². The summed E-state index contributed by atoms with van der Waals surface area (Å²) in [6.45, 7) is 2.22. The van der Waals surface area contributed by atoms with E-state index in [0.29, 0.717) is 0 Å². The molecular weight excluding hydrogens is 270 g/mol. The number of benzene rings is 2. The molecule has 22 heavy (non-hydrogen) atoms. The van der Waals surface area contributed by atoms with E-state index in [1.807, 2.05) is 48.5 Å². The van der Waals surface area contributed by atoms with Gasteiger partial charge in [0.25, 0.3) is 0 Å². The highest BCUT2D eigenvalue weighted by molar-refractivity contribution is 6.04. The van der Waals surface area contributed by atoms with Gasteiger partial charge in [0, 0.05) is 5.92 Å². The van der Waals surface area contributed by atoms with Gasteiger partial charge in [0.15, 0.2) is 0 Å². The van der Waals surface area contributed by atoms with Crippen LogP contribution in [0.15, 0.2) is 65.8 Å². The summed E-state index contributed by atoms with van der Waals surface area (Å²) in [7, 11) is 0. The molecule has 0 bridgehead atoms. The van der Waals surface area contributed by atoms with Crippen molar-refractivity contribution in [2.24, 2.45) is 5.16 Å². The lowest BCUT2D eigenvalue weighted by molar-refractivity contribution is 0.316. The van der Waals surface area contributed by atoms with Crippen LogP contribution in [0.2, 0.25) is 0 Å². The zero-order valence-electron chi connectivity index (χ0n) is 13.3. The molecule has 1 N–H and O–H groups in total. The van der Waals surface area contributed by atoms with Crippen molar-refractivity contribution < 1.29 is 5.21 Å². The highest BCUT2D eigenvalue weighted by atomic mass is 16.4. The molecule has 0 aliphatic rings. The smallest absolute Gasteiger partial charge is 0.0942 e. The Morgan fingerprint density at radius 2 is 1.55 bits per heavy atom. The predicted molar refractivity (Wildman–Crippen MR) is 92.7 cm³/mol. The van der Waals surface area contributed by atoms with Crippen LogP contribution in [0.5, 0.6) is 0 Å². The maximum atomic E-state index is 9.60. The van der Waals surface area contributed by atoms with Gasteiger partial charge in [0.1, 0.15) is 0 Å². The number of oxime groups is 1. The Labute approximate surface area is 133 Å². The topological polar surface area (TPSA) is 32.6 Å². The van der Waals surface area contributed by atoms with Gasteiger partial charge in [0.05, 0.1) is 5.71 Å². The number of hydrogen-bond donors (Lipinski definition) is 1. The van der Waals surface area contributed by atoms with Crippen molar-refractivity contribution in [3.05, 3.63) is 71.8 Å². The van der Waals surface area contributed by atoms with E-state index in [9.17, 15) is 5.21 Å². The summed E-state index contributed by atoms with van der Waals surface area (Å²) in [6.07, 6.45) is 5.89. The van der Waals surface area contributed by atoms with Crippen molar-refractivity contribution in [2.75, 3.05) is 0 Å². The third-order valence-electron chi connectivity index (χ3n) is 4.06. The third-order valence-corrected chi connectivity index (χ3v) is 4.06. The van der Waals surface area contributed by atoms with Gasteiger partial charge in [-0.25, -0.2) is 0 Å². The molecule has 2 rings (SSSR count). The van der Waals surface area contributed by atoms with E-state index in [2.05, 4.69) is 24.2 Å². The fourth-order valence-corrected chi connectivity index (χ4v) is 2.86. The summed E-state index contributed by atoms with van der Waals surface area (Å²) >= 11 is 0. The summed E-state index contributed by atoms with van der Waals surface area (Å²) in [6, 6.07) is 20.3. The molecule has 0 spiro atoms. The fourth-order valence-electron chi connectivity index (χ4n) is 2.86. The molecule has 0 saturated carbocycles. The first-order chi connectivity index (χ1) is 10.9. The molecular formula is C20H25NO. The molecule has 2 heteroatoms. The van der Waals surface area contributed by atoms with Gasteiger partial charge < -0.3 is 5.21 Å². The molecule has 0 aromatic heterocycles. The second-order valence-corrected chi connectivity index (χ2v) is 5.66. The number of rotatable bonds is 8. The van der Waals surface area contributed by atoms with Crippen LogP contribution in [0.4, 0.5) is 0 Å². The first-order valence-corrected chi connectivity index (χ1v) is 8.19. The van der Waals surface area contributed by atoms with Gasteiger partial charge in [-0.3, -0.25) is 0 Å². The average molecular weight is 295 g/mol. The summed E-state index contributed by atoms with van der Waals surface area (Å²) < 4.78 is 0. The van der Waals surface area contributed by atoms with E-state index in [-0.39, 0.29) is 5.92 Å². The maximum Gasteiger partial charge on any atom is 0.0942 e. The van der Waals surface area contributed by atoms with E-state index < -0.39 is 0 Å². The highest BCUT2D eigenvalue weighted by Gasteiger charge is 2.20. The third kappa shape index (κ3) is 4.45. The van der Waals surface area contributed by atoms with Crippen molar-refractivity contribution in [1.82, 2.24) is 0 Å². The number of hydrogen-bond acceptors (Lipinski definition) is 2. The summed E-state index contributed by atoms with van der Waals surface area (Å²) in [4.78, 5) is 0. The van der Waals surface area contributed by atoms with E-state index in [1.54, 1.807) is 0 Å². The minimum Gasteiger partial charge on any atom is -0.411 e. The van der Waals surface area contributed by atoms with Crippen molar-refractivity contribution >= 4 is 5.71 Å². The largest absolute Gasteiger partial charge is 0.411 e. The number of unbranched alkanes of at least 4 members (excludes halogenated alkanes) is 3. The van der Waals surface area contributed by atoms with Crippen LogP contribution < -0.4 is 0 Å². The van der Waals surface area contributed by atoms with Crippen LogP contribution in [0, 0.1) is 0 Å². The molecule has 0 heterocycles. The zero-order valence-corrected chi connectivity index (χ0v) is 13.3. The monoisotopic (exact) mass is 295 g/mol.